The lowest BCUT2D eigenvalue weighted by Crippen LogP contribution is -2.32. The Hall–Kier alpha value is -5.17. The van der Waals surface area contributed by atoms with Crippen LogP contribution in [0.25, 0.3) is 0 Å². The first-order valence-corrected chi connectivity index (χ1v) is 12.0. The van der Waals surface area contributed by atoms with Gasteiger partial charge in [-0.1, -0.05) is 30.3 Å². The first-order valence-electron chi connectivity index (χ1n) is 10.1. The van der Waals surface area contributed by atoms with Crippen LogP contribution in [-0.2, 0) is 21.1 Å². The Balaban J connectivity index is 2.20. The molecule has 0 spiro atoms. The average Bonchev–Trinajstić information content (AvgIpc) is 2.83. The highest BCUT2D eigenvalue weighted by Crippen LogP contribution is 2.39. The summed E-state index contributed by atoms with van der Waals surface area (Å²) in [5.74, 6) is -3.91. The number of carboxylic acid groups (broad SMARTS) is 1. The molecule has 16 heteroatoms. The number of anilines is 1. The van der Waals surface area contributed by atoms with E-state index in [9.17, 15) is 38.5 Å². The number of nitrogens with one attached hydrogen (secondary N) is 1. The molecular weight excluding hydrogens is 512 g/mol. The number of nitro benzene ring substituents is 1. The lowest BCUT2D eigenvalue weighted by Gasteiger charge is -2.16. The summed E-state index contributed by atoms with van der Waals surface area (Å²) in [6.45, 7) is 0. The number of rotatable bonds is 10. The number of nitriles is 1. The minimum absolute atomic E-state index is 0.104. The number of nitro groups is 2. The van der Waals surface area contributed by atoms with Gasteiger partial charge in [-0.05, 0) is 11.6 Å². The number of hydrogen-bond donors (Lipinski definition) is 2. The largest absolute Gasteiger partial charge is 0.480 e. The molecule has 190 valence electrons. The molecule has 37 heavy (non-hydrogen) atoms. The van der Waals surface area contributed by atoms with Crippen LogP contribution in [0.2, 0.25) is 0 Å². The molecule has 3 aromatic rings. The molecule has 0 bridgehead atoms. The molecule has 2 aromatic carbocycles. The highest BCUT2D eigenvalue weighted by molar-refractivity contribution is 7.90. The SMILES string of the molecule is CS(=O)(=O)c1nc(NC(Cc2ccccc2)C(=O)O)c([N+](=O)[O-])c(Oc2cc(C#N)ccc2[N+](=O)[O-])n1. The van der Waals surface area contributed by atoms with Gasteiger partial charge in [0.25, 0.3) is 5.16 Å². The molecule has 0 aliphatic heterocycles. The van der Waals surface area contributed by atoms with Crippen LogP contribution in [0.15, 0.2) is 53.7 Å². The standard InChI is InChI=1S/C21H16N6O9S/c1-37(34,35)21-24-18(23-14(20(28)29)9-12-5-3-2-4-6-12)17(27(32)33)19(25-21)36-16-10-13(11-22)7-8-15(16)26(30)31/h2-8,10,14H,9H2,1H3,(H,28,29)(H,23,24,25). The van der Waals surface area contributed by atoms with E-state index in [1.54, 1.807) is 36.4 Å². The molecule has 1 aromatic heterocycles. The van der Waals surface area contributed by atoms with Gasteiger partial charge in [-0.3, -0.25) is 20.2 Å². The zero-order valence-corrected chi connectivity index (χ0v) is 19.6. The van der Waals surface area contributed by atoms with Crippen molar-refractivity contribution in [1.82, 2.24) is 9.97 Å². The fourth-order valence-corrected chi connectivity index (χ4v) is 3.56. The lowest BCUT2D eigenvalue weighted by atomic mass is 10.1. The zero-order chi connectivity index (χ0) is 27.3. The van der Waals surface area contributed by atoms with Crippen molar-refractivity contribution in [2.45, 2.75) is 17.6 Å². The molecule has 1 atom stereocenters. The van der Waals surface area contributed by atoms with Crippen molar-refractivity contribution in [2.24, 2.45) is 0 Å². The first-order chi connectivity index (χ1) is 17.4. The summed E-state index contributed by atoms with van der Waals surface area (Å²) in [6.07, 6.45) is 0.524. The maximum absolute atomic E-state index is 12.2. The van der Waals surface area contributed by atoms with E-state index in [1.165, 1.54) is 0 Å². The van der Waals surface area contributed by atoms with Gasteiger partial charge in [0.05, 0.1) is 21.5 Å². The first kappa shape index (κ1) is 26.4. The van der Waals surface area contributed by atoms with Gasteiger partial charge in [0.2, 0.25) is 21.4 Å². The van der Waals surface area contributed by atoms with Crippen molar-refractivity contribution in [3.8, 4) is 17.7 Å². The summed E-state index contributed by atoms with van der Waals surface area (Å²) >= 11 is 0. The van der Waals surface area contributed by atoms with Crippen molar-refractivity contribution in [3.05, 3.63) is 79.9 Å². The van der Waals surface area contributed by atoms with Crippen LogP contribution in [0.1, 0.15) is 11.1 Å². The van der Waals surface area contributed by atoms with Gasteiger partial charge in [-0.2, -0.15) is 15.2 Å². The van der Waals surface area contributed by atoms with Crippen LogP contribution in [0.4, 0.5) is 17.2 Å². The van der Waals surface area contributed by atoms with E-state index in [0.29, 0.717) is 11.8 Å². The molecule has 15 nitrogen and oxygen atoms in total. The van der Waals surface area contributed by atoms with Crippen molar-refractivity contribution in [3.63, 3.8) is 0 Å². The molecule has 1 unspecified atom stereocenters. The molecule has 1 heterocycles. The summed E-state index contributed by atoms with van der Waals surface area (Å²) < 4.78 is 29.7. The van der Waals surface area contributed by atoms with Gasteiger partial charge in [0.15, 0.2) is 0 Å². The Labute approximate surface area is 208 Å². The van der Waals surface area contributed by atoms with E-state index in [0.717, 1.165) is 18.2 Å². The van der Waals surface area contributed by atoms with Crippen molar-refractivity contribution >= 4 is 33.0 Å². The maximum atomic E-state index is 12.2. The zero-order valence-electron chi connectivity index (χ0n) is 18.8. The van der Waals surface area contributed by atoms with E-state index >= 15 is 0 Å². The molecule has 3 rings (SSSR count). The summed E-state index contributed by atoms with van der Waals surface area (Å²) in [6, 6.07) is 11.4. The maximum Gasteiger partial charge on any atom is 0.373 e. The highest BCUT2D eigenvalue weighted by Gasteiger charge is 2.33. The number of carbonyl (C=O) groups is 1. The average molecular weight is 528 g/mol. The van der Waals surface area contributed by atoms with Crippen LogP contribution in [0.3, 0.4) is 0 Å². The molecule has 0 radical (unpaired) electrons. The second-order valence-corrected chi connectivity index (χ2v) is 9.33. The summed E-state index contributed by atoms with van der Waals surface area (Å²) in [4.78, 5) is 40.5. The second kappa shape index (κ2) is 10.6. The third-order valence-corrected chi connectivity index (χ3v) is 5.58. The topological polar surface area (TPSA) is 229 Å². The normalized spacial score (nSPS) is 11.7. The van der Waals surface area contributed by atoms with Crippen molar-refractivity contribution in [2.75, 3.05) is 11.6 Å². The predicted molar refractivity (Wildman–Crippen MR) is 125 cm³/mol. The molecule has 0 saturated heterocycles. The van der Waals surface area contributed by atoms with E-state index < -0.39 is 65.7 Å². The van der Waals surface area contributed by atoms with E-state index in [-0.39, 0.29) is 12.0 Å². The van der Waals surface area contributed by atoms with Gasteiger partial charge < -0.3 is 15.2 Å². The van der Waals surface area contributed by atoms with E-state index in [2.05, 4.69) is 15.3 Å². The fraction of sp³-hybridized carbons (Fsp3) is 0.143. The van der Waals surface area contributed by atoms with Gasteiger partial charge in [-0.25, -0.2) is 13.2 Å². The Morgan fingerprint density at radius 3 is 2.38 bits per heavy atom. The second-order valence-electron chi connectivity index (χ2n) is 7.42. The monoisotopic (exact) mass is 528 g/mol. The number of nitrogens with zero attached hydrogens (tertiary/aromatic N) is 5. The van der Waals surface area contributed by atoms with Crippen LogP contribution in [-0.4, -0.2) is 51.6 Å². The van der Waals surface area contributed by atoms with Crippen LogP contribution < -0.4 is 10.1 Å². The van der Waals surface area contributed by atoms with Crippen molar-refractivity contribution < 1.29 is 32.9 Å². The molecular formula is C21H16N6O9S. The van der Waals surface area contributed by atoms with E-state index in [1.807, 2.05) is 0 Å². The number of carboxylic acids is 1. The summed E-state index contributed by atoms with van der Waals surface area (Å²) in [7, 11) is -4.24. The van der Waals surface area contributed by atoms with E-state index in [4.69, 9.17) is 10.00 Å². The molecule has 0 fully saturated rings. The Morgan fingerprint density at radius 2 is 1.84 bits per heavy atom. The molecule has 0 saturated carbocycles. The lowest BCUT2D eigenvalue weighted by molar-refractivity contribution is -0.387. The third kappa shape index (κ3) is 6.29. The molecule has 0 aliphatic rings. The van der Waals surface area contributed by atoms with Crippen molar-refractivity contribution in [1.29, 1.82) is 5.26 Å². The van der Waals surface area contributed by atoms with Crippen LogP contribution in [0.5, 0.6) is 11.6 Å². The number of aliphatic carboxylic acids is 1. The Kier molecular flexibility index (Phi) is 7.59. The Morgan fingerprint density at radius 1 is 1.16 bits per heavy atom. The predicted octanol–water partition coefficient (Wildman–Crippen LogP) is 2.47. The number of benzene rings is 2. The fourth-order valence-electron chi connectivity index (χ4n) is 3.05. The van der Waals surface area contributed by atoms with Gasteiger partial charge in [-0.15, -0.1) is 0 Å². The quantitative estimate of drug-likeness (QED) is 0.219. The minimum Gasteiger partial charge on any atom is -0.480 e. The molecule has 2 N–H and O–H groups in total. The van der Waals surface area contributed by atoms with Gasteiger partial charge in [0, 0.05) is 24.8 Å². The molecule has 0 amide bonds. The third-order valence-electron chi connectivity index (χ3n) is 4.73. The van der Waals surface area contributed by atoms with Crippen LogP contribution in [0, 0.1) is 31.6 Å². The summed E-state index contributed by atoms with van der Waals surface area (Å²) in [5, 5.41) is 43.6. The number of aromatic nitrogens is 2. The number of sulfone groups is 1. The Bertz CT molecular complexity index is 1540. The molecule has 0 aliphatic carbocycles. The smallest absolute Gasteiger partial charge is 0.373 e. The summed E-state index contributed by atoms with van der Waals surface area (Å²) in [5.41, 5.74) is -1.34. The minimum atomic E-state index is -4.24. The van der Waals surface area contributed by atoms with Gasteiger partial charge >= 0.3 is 23.2 Å². The number of hydrogen-bond acceptors (Lipinski definition) is 12. The number of ether oxygens (including phenoxy) is 1. The highest BCUT2D eigenvalue weighted by atomic mass is 32.2. The van der Waals surface area contributed by atoms with Gasteiger partial charge in [0.1, 0.15) is 6.04 Å². The van der Waals surface area contributed by atoms with Crippen LogP contribution >= 0.6 is 0 Å².